The molecule has 1 aromatic carbocycles. The summed E-state index contributed by atoms with van der Waals surface area (Å²) in [6.45, 7) is 1.17. The molecule has 0 aliphatic carbocycles. The highest BCUT2D eigenvalue weighted by Crippen LogP contribution is 2.23. The Balaban J connectivity index is 1.85. The van der Waals surface area contributed by atoms with Gasteiger partial charge in [0, 0.05) is 0 Å². The molecule has 0 aromatic heterocycles. The lowest BCUT2D eigenvalue weighted by molar-refractivity contribution is -0.303. The van der Waals surface area contributed by atoms with Crippen LogP contribution in [0.1, 0.15) is 96.0 Å². The lowest BCUT2D eigenvalue weighted by Gasteiger charge is -2.40. The van der Waals surface area contributed by atoms with Gasteiger partial charge < -0.3 is 45.4 Å². The number of rotatable bonds is 22. The molecule has 1 fully saturated rings. The van der Waals surface area contributed by atoms with E-state index in [-0.39, 0.29) is 6.42 Å². The van der Waals surface area contributed by atoms with Crippen LogP contribution in [-0.2, 0) is 20.7 Å². The third-order valence-corrected chi connectivity index (χ3v) is 8.07. The van der Waals surface area contributed by atoms with Crippen molar-refractivity contribution in [1.82, 2.24) is 5.32 Å². The molecule has 43 heavy (non-hydrogen) atoms. The van der Waals surface area contributed by atoms with Crippen LogP contribution in [0.3, 0.4) is 0 Å². The van der Waals surface area contributed by atoms with Crippen molar-refractivity contribution >= 4 is 5.91 Å². The van der Waals surface area contributed by atoms with Crippen molar-refractivity contribution in [3.8, 4) is 0 Å². The van der Waals surface area contributed by atoms with Crippen LogP contribution >= 0.6 is 0 Å². The standard InChI is InChI=1S/C32H54FNO9/c1-2-3-4-5-6-7-8-9-10-11-12-13-14-25(36)28(38)24(34-27(37)19-22-15-17-23(33)18-16-22)21-42-32-31(41)30(40)29(39)26(20-35)43-32/h15-18,24-26,28-32,35-36,38-41H,2-14,19-21H2,1H3,(H,34,37)/t24-,25+,26?,28-,29?,30?,31?,32?/m0/s1. The number of amides is 1. The fourth-order valence-electron chi connectivity index (χ4n) is 5.31. The van der Waals surface area contributed by atoms with Crippen LogP contribution in [0.4, 0.5) is 4.39 Å². The molecule has 0 spiro atoms. The summed E-state index contributed by atoms with van der Waals surface area (Å²) < 4.78 is 24.2. The molecular formula is C32H54FNO9. The van der Waals surface area contributed by atoms with Gasteiger partial charge in [0.2, 0.25) is 5.91 Å². The molecule has 10 nitrogen and oxygen atoms in total. The molecule has 1 heterocycles. The van der Waals surface area contributed by atoms with E-state index in [0.717, 1.165) is 19.3 Å². The number of unbranched alkanes of at least 4 members (excludes halogenated alkanes) is 11. The Labute approximate surface area is 255 Å². The summed E-state index contributed by atoms with van der Waals surface area (Å²) in [6.07, 6.45) is 4.06. The van der Waals surface area contributed by atoms with E-state index >= 15 is 0 Å². The molecule has 1 aromatic rings. The monoisotopic (exact) mass is 615 g/mol. The van der Waals surface area contributed by atoms with Crippen LogP contribution in [0.5, 0.6) is 0 Å². The van der Waals surface area contributed by atoms with Gasteiger partial charge in [-0.05, 0) is 24.1 Å². The van der Waals surface area contributed by atoms with Crippen molar-refractivity contribution in [3.63, 3.8) is 0 Å². The Morgan fingerprint density at radius 2 is 1.44 bits per heavy atom. The van der Waals surface area contributed by atoms with Crippen molar-refractivity contribution in [2.24, 2.45) is 0 Å². The fraction of sp³-hybridized carbons (Fsp3) is 0.781. The second kappa shape index (κ2) is 21.1. The number of carbonyl (C=O) groups excluding carboxylic acids is 1. The average Bonchev–Trinajstić information content (AvgIpc) is 3.00. The van der Waals surface area contributed by atoms with Crippen LogP contribution < -0.4 is 5.32 Å². The quantitative estimate of drug-likeness (QED) is 0.0969. The van der Waals surface area contributed by atoms with Crippen molar-refractivity contribution in [2.45, 2.75) is 146 Å². The molecule has 7 N–H and O–H groups in total. The predicted octanol–water partition coefficient (Wildman–Crippen LogP) is 2.48. The molecule has 1 amide bonds. The van der Waals surface area contributed by atoms with Crippen molar-refractivity contribution in [3.05, 3.63) is 35.6 Å². The Morgan fingerprint density at radius 3 is 2.00 bits per heavy atom. The normalized spacial score (nSPS) is 24.4. The second-order valence-corrected chi connectivity index (χ2v) is 11.7. The van der Waals surface area contributed by atoms with E-state index in [1.54, 1.807) is 0 Å². The van der Waals surface area contributed by atoms with Crippen LogP contribution in [0, 0.1) is 5.82 Å². The van der Waals surface area contributed by atoms with Gasteiger partial charge in [-0.2, -0.15) is 0 Å². The number of ether oxygens (including phenoxy) is 2. The number of hydrogen-bond acceptors (Lipinski definition) is 9. The third-order valence-electron chi connectivity index (χ3n) is 8.07. The number of aliphatic hydroxyl groups is 6. The highest BCUT2D eigenvalue weighted by Gasteiger charge is 2.44. The summed E-state index contributed by atoms with van der Waals surface area (Å²) in [6, 6.07) is 4.28. The molecule has 5 unspecified atom stereocenters. The van der Waals surface area contributed by atoms with Crippen molar-refractivity contribution < 1.29 is 49.3 Å². The van der Waals surface area contributed by atoms with E-state index in [2.05, 4.69) is 12.2 Å². The largest absolute Gasteiger partial charge is 0.394 e. The summed E-state index contributed by atoms with van der Waals surface area (Å²) in [5.74, 6) is -0.947. The summed E-state index contributed by atoms with van der Waals surface area (Å²) in [4.78, 5) is 12.8. The van der Waals surface area contributed by atoms with Gasteiger partial charge in [-0.15, -0.1) is 0 Å². The van der Waals surface area contributed by atoms with Gasteiger partial charge in [0.1, 0.15) is 36.3 Å². The number of aliphatic hydroxyl groups excluding tert-OH is 6. The smallest absolute Gasteiger partial charge is 0.224 e. The topological polar surface area (TPSA) is 169 Å². The molecule has 0 saturated carbocycles. The molecule has 2 rings (SSSR count). The molecule has 0 bridgehead atoms. The first-order valence-corrected chi connectivity index (χ1v) is 16.0. The Morgan fingerprint density at radius 1 is 0.884 bits per heavy atom. The summed E-state index contributed by atoms with van der Waals surface area (Å²) in [7, 11) is 0. The maximum atomic E-state index is 13.3. The van der Waals surface area contributed by atoms with Crippen LogP contribution in [0.2, 0.25) is 0 Å². The van der Waals surface area contributed by atoms with Gasteiger partial charge in [-0.25, -0.2) is 4.39 Å². The maximum absolute atomic E-state index is 13.3. The number of carbonyl (C=O) groups is 1. The average molecular weight is 616 g/mol. The van der Waals surface area contributed by atoms with E-state index in [0.29, 0.717) is 18.4 Å². The molecule has 0 radical (unpaired) electrons. The van der Waals surface area contributed by atoms with Crippen molar-refractivity contribution in [2.75, 3.05) is 13.2 Å². The Kier molecular flexibility index (Phi) is 18.4. The van der Waals surface area contributed by atoms with Gasteiger partial charge in [-0.1, -0.05) is 96.1 Å². The number of nitrogens with one attached hydrogen (secondary N) is 1. The molecular weight excluding hydrogens is 561 g/mol. The van der Waals surface area contributed by atoms with E-state index < -0.39 is 73.9 Å². The van der Waals surface area contributed by atoms with Gasteiger partial charge >= 0.3 is 0 Å². The van der Waals surface area contributed by atoms with E-state index in [9.17, 15) is 39.8 Å². The Hall–Kier alpha value is -1.70. The zero-order valence-corrected chi connectivity index (χ0v) is 25.5. The highest BCUT2D eigenvalue weighted by atomic mass is 19.1. The van der Waals surface area contributed by atoms with Gasteiger partial charge in [0.05, 0.1) is 31.8 Å². The third kappa shape index (κ3) is 13.9. The van der Waals surface area contributed by atoms with E-state index in [4.69, 9.17) is 9.47 Å². The minimum atomic E-state index is -1.66. The number of halogens is 1. The summed E-state index contributed by atoms with van der Waals surface area (Å²) in [5, 5.41) is 64.1. The second-order valence-electron chi connectivity index (χ2n) is 11.7. The van der Waals surface area contributed by atoms with Gasteiger partial charge in [0.15, 0.2) is 6.29 Å². The van der Waals surface area contributed by atoms with Crippen LogP contribution in [0.25, 0.3) is 0 Å². The SMILES string of the molecule is CCCCCCCCCCCCCC[C@@H](O)[C@@H](O)[C@H](COC1OC(CO)C(O)C(O)C1O)NC(=O)Cc1ccc(F)cc1. The Bertz CT molecular complexity index is 875. The van der Waals surface area contributed by atoms with E-state index in [1.807, 2.05) is 0 Å². The highest BCUT2D eigenvalue weighted by molar-refractivity contribution is 5.78. The van der Waals surface area contributed by atoms with Crippen LogP contribution in [-0.4, -0.2) is 98.7 Å². The predicted molar refractivity (Wildman–Crippen MR) is 159 cm³/mol. The zero-order valence-electron chi connectivity index (χ0n) is 25.5. The van der Waals surface area contributed by atoms with E-state index in [1.165, 1.54) is 75.6 Å². The summed E-state index contributed by atoms with van der Waals surface area (Å²) >= 11 is 0. The van der Waals surface area contributed by atoms with Gasteiger partial charge in [-0.3, -0.25) is 4.79 Å². The molecule has 8 atom stereocenters. The molecule has 1 aliphatic heterocycles. The number of benzene rings is 1. The molecule has 1 saturated heterocycles. The number of hydrogen-bond donors (Lipinski definition) is 7. The molecule has 248 valence electrons. The minimum absolute atomic E-state index is 0.113. The van der Waals surface area contributed by atoms with Gasteiger partial charge in [0.25, 0.3) is 0 Å². The minimum Gasteiger partial charge on any atom is -0.394 e. The van der Waals surface area contributed by atoms with Crippen molar-refractivity contribution in [1.29, 1.82) is 0 Å². The first-order chi connectivity index (χ1) is 20.7. The first kappa shape index (κ1) is 37.5. The lowest BCUT2D eigenvalue weighted by atomic mass is 9.98. The first-order valence-electron chi connectivity index (χ1n) is 16.0. The maximum Gasteiger partial charge on any atom is 0.224 e. The van der Waals surface area contributed by atoms with Crippen LogP contribution in [0.15, 0.2) is 24.3 Å². The lowest BCUT2D eigenvalue weighted by Crippen LogP contribution is -2.60. The molecule has 1 aliphatic rings. The summed E-state index contributed by atoms with van der Waals surface area (Å²) in [5.41, 5.74) is 0.541. The fourth-order valence-corrected chi connectivity index (χ4v) is 5.31. The zero-order chi connectivity index (χ0) is 31.6. The molecule has 11 heteroatoms.